The van der Waals surface area contributed by atoms with Crippen molar-refractivity contribution >= 4 is 11.9 Å². The fourth-order valence-electron chi connectivity index (χ4n) is 5.12. The molecule has 1 aromatic carbocycles. The van der Waals surface area contributed by atoms with Gasteiger partial charge in [-0.1, -0.05) is 12.1 Å². The molecule has 0 radical (unpaired) electrons. The monoisotopic (exact) mass is 454 g/mol. The minimum absolute atomic E-state index is 0.0502. The van der Waals surface area contributed by atoms with Crippen molar-refractivity contribution in [3.05, 3.63) is 47.5 Å². The van der Waals surface area contributed by atoms with Gasteiger partial charge in [-0.3, -0.25) is 4.79 Å². The molecule has 3 fully saturated rings. The summed E-state index contributed by atoms with van der Waals surface area (Å²) in [6.07, 6.45) is 5.50. The molecule has 33 heavy (non-hydrogen) atoms. The zero-order chi connectivity index (χ0) is 22.8. The number of hydrogen-bond donors (Lipinski definition) is 0. The van der Waals surface area contributed by atoms with Crippen molar-refractivity contribution in [2.75, 3.05) is 37.7 Å². The lowest BCUT2D eigenvalue weighted by Crippen LogP contribution is -2.47. The number of aryl methyl sites for hydroxylation is 1. The number of nitrogens with zero attached hydrogens (tertiary/aromatic N) is 4. The van der Waals surface area contributed by atoms with Crippen LogP contribution in [0.3, 0.4) is 0 Å². The van der Waals surface area contributed by atoms with Gasteiger partial charge in [0.2, 0.25) is 5.95 Å². The van der Waals surface area contributed by atoms with Crippen LogP contribution < -0.4 is 9.64 Å². The van der Waals surface area contributed by atoms with Crippen LogP contribution in [0.25, 0.3) is 0 Å². The fraction of sp³-hybridized carbons (Fsp3) is 0.560. The van der Waals surface area contributed by atoms with Gasteiger partial charge in [-0.25, -0.2) is 14.4 Å². The number of carbonyl (C=O) groups excluding carboxylic acids is 1. The van der Waals surface area contributed by atoms with Gasteiger partial charge in [-0.2, -0.15) is 0 Å². The minimum atomic E-state index is -0.358. The second-order valence-electron chi connectivity index (χ2n) is 9.40. The number of amides is 1. The van der Waals surface area contributed by atoms with Gasteiger partial charge in [0.25, 0.3) is 5.91 Å². The summed E-state index contributed by atoms with van der Waals surface area (Å²) in [5.41, 5.74) is 0.967. The highest BCUT2D eigenvalue weighted by Gasteiger charge is 2.44. The van der Waals surface area contributed by atoms with Crippen molar-refractivity contribution in [1.82, 2.24) is 14.9 Å². The molecule has 5 rings (SSSR count). The molecule has 0 aliphatic carbocycles. The van der Waals surface area contributed by atoms with E-state index in [-0.39, 0.29) is 29.2 Å². The van der Waals surface area contributed by atoms with E-state index in [1.165, 1.54) is 12.5 Å². The SMILES string of the molecule is Cc1cc(C(=O)N2CCC3(CC2)C[C@H](Oc2ccccc2F)CO3)nc(N2CCCCC2)n1. The van der Waals surface area contributed by atoms with Crippen molar-refractivity contribution in [1.29, 1.82) is 0 Å². The summed E-state index contributed by atoms with van der Waals surface area (Å²) in [5.74, 6) is 0.520. The average molecular weight is 455 g/mol. The number of para-hydroxylation sites is 1. The summed E-state index contributed by atoms with van der Waals surface area (Å²) < 4.78 is 25.9. The van der Waals surface area contributed by atoms with Gasteiger partial charge in [-0.05, 0) is 57.2 Å². The van der Waals surface area contributed by atoms with E-state index >= 15 is 0 Å². The van der Waals surface area contributed by atoms with Crippen LogP contribution >= 0.6 is 0 Å². The van der Waals surface area contributed by atoms with E-state index in [9.17, 15) is 9.18 Å². The lowest BCUT2D eigenvalue weighted by atomic mass is 9.88. The molecule has 176 valence electrons. The molecule has 2 aromatic rings. The molecule has 1 amide bonds. The Bertz CT molecular complexity index is 1000. The zero-order valence-corrected chi connectivity index (χ0v) is 19.1. The van der Waals surface area contributed by atoms with Gasteiger partial charge < -0.3 is 19.3 Å². The summed E-state index contributed by atoms with van der Waals surface area (Å²) in [7, 11) is 0. The quantitative estimate of drug-likeness (QED) is 0.701. The molecule has 0 saturated carbocycles. The van der Waals surface area contributed by atoms with Crippen molar-refractivity contribution < 1.29 is 18.7 Å². The van der Waals surface area contributed by atoms with E-state index in [0.29, 0.717) is 37.8 Å². The highest BCUT2D eigenvalue weighted by atomic mass is 19.1. The van der Waals surface area contributed by atoms with E-state index < -0.39 is 0 Å². The Kier molecular flexibility index (Phi) is 6.19. The molecule has 1 atom stereocenters. The van der Waals surface area contributed by atoms with Gasteiger partial charge in [0.05, 0.1) is 12.2 Å². The molecule has 0 N–H and O–H groups in total. The maximum Gasteiger partial charge on any atom is 0.272 e. The van der Waals surface area contributed by atoms with Crippen molar-refractivity contribution in [3.63, 3.8) is 0 Å². The smallest absolute Gasteiger partial charge is 0.272 e. The Labute approximate surface area is 193 Å². The fourth-order valence-corrected chi connectivity index (χ4v) is 5.12. The summed E-state index contributed by atoms with van der Waals surface area (Å²) in [4.78, 5) is 26.5. The molecule has 3 saturated heterocycles. The maximum atomic E-state index is 13.9. The third-order valence-corrected chi connectivity index (χ3v) is 6.97. The van der Waals surface area contributed by atoms with Crippen LogP contribution in [0.15, 0.2) is 30.3 Å². The number of aromatic nitrogens is 2. The molecule has 3 aliphatic heterocycles. The molecule has 1 aromatic heterocycles. The van der Waals surface area contributed by atoms with Crippen LogP contribution in [0.5, 0.6) is 5.75 Å². The lowest BCUT2D eigenvalue weighted by Gasteiger charge is -2.38. The van der Waals surface area contributed by atoms with Gasteiger partial charge in [0.1, 0.15) is 11.8 Å². The first-order valence-electron chi connectivity index (χ1n) is 12.0. The van der Waals surface area contributed by atoms with Gasteiger partial charge >= 0.3 is 0 Å². The normalized spacial score (nSPS) is 22.5. The lowest BCUT2D eigenvalue weighted by molar-refractivity contribution is -0.0396. The van der Waals surface area contributed by atoms with Crippen LogP contribution in [0.1, 0.15) is 54.7 Å². The number of halogens is 1. The van der Waals surface area contributed by atoms with Crippen molar-refractivity contribution in [2.45, 2.75) is 57.2 Å². The minimum Gasteiger partial charge on any atom is -0.485 e. The summed E-state index contributed by atoms with van der Waals surface area (Å²) >= 11 is 0. The number of benzene rings is 1. The summed E-state index contributed by atoms with van der Waals surface area (Å²) in [6.45, 7) is 5.44. The third-order valence-electron chi connectivity index (χ3n) is 6.97. The van der Waals surface area contributed by atoms with E-state index in [0.717, 1.165) is 44.5 Å². The number of likely N-dealkylation sites (tertiary alicyclic amines) is 1. The van der Waals surface area contributed by atoms with E-state index in [2.05, 4.69) is 14.9 Å². The van der Waals surface area contributed by atoms with E-state index in [1.807, 2.05) is 11.8 Å². The Balaban J connectivity index is 1.20. The first-order chi connectivity index (χ1) is 16.0. The van der Waals surface area contributed by atoms with Crippen LogP contribution in [0.2, 0.25) is 0 Å². The topological polar surface area (TPSA) is 67.8 Å². The number of rotatable bonds is 4. The Morgan fingerprint density at radius 3 is 2.64 bits per heavy atom. The van der Waals surface area contributed by atoms with E-state index in [4.69, 9.17) is 9.47 Å². The van der Waals surface area contributed by atoms with Crippen LogP contribution in [0, 0.1) is 12.7 Å². The van der Waals surface area contributed by atoms with Gasteiger partial charge in [0, 0.05) is 38.3 Å². The highest BCUT2D eigenvalue weighted by Crippen LogP contribution is 2.38. The molecule has 0 unspecified atom stereocenters. The molecule has 8 heteroatoms. The first kappa shape index (κ1) is 22.1. The Morgan fingerprint density at radius 1 is 1.12 bits per heavy atom. The second-order valence-corrected chi connectivity index (χ2v) is 9.40. The van der Waals surface area contributed by atoms with Gasteiger partial charge in [-0.15, -0.1) is 0 Å². The number of piperidine rings is 2. The number of ether oxygens (including phenoxy) is 2. The predicted molar refractivity (Wildman–Crippen MR) is 122 cm³/mol. The van der Waals surface area contributed by atoms with Gasteiger partial charge in [0.15, 0.2) is 11.6 Å². The zero-order valence-electron chi connectivity index (χ0n) is 19.1. The van der Waals surface area contributed by atoms with Crippen LogP contribution in [0.4, 0.5) is 10.3 Å². The van der Waals surface area contributed by atoms with Crippen molar-refractivity contribution in [2.24, 2.45) is 0 Å². The molecule has 3 aliphatic rings. The number of hydrogen-bond acceptors (Lipinski definition) is 6. The largest absolute Gasteiger partial charge is 0.485 e. The molecular weight excluding hydrogens is 423 g/mol. The molecule has 1 spiro atoms. The number of anilines is 1. The third kappa shape index (κ3) is 4.81. The first-order valence-corrected chi connectivity index (χ1v) is 12.0. The predicted octanol–water partition coefficient (Wildman–Crippen LogP) is 3.76. The van der Waals surface area contributed by atoms with Crippen LogP contribution in [-0.2, 0) is 4.74 Å². The number of carbonyl (C=O) groups is 1. The maximum absolute atomic E-state index is 13.9. The van der Waals surface area contributed by atoms with E-state index in [1.54, 1.807) is 24.3 Å². The molecule has 7 nitrogen and oxygen atoms in total. The molecular formula is C25H31FN4O3. The summed E-state index contributed by atoms with van der Waals surface area (Å²) in [6, 6.07) is 8.24. The van der Waals surface area contributed by atoms with Crippen LogP contribution in [-0.4, -0.2) is 65.3 Å². The van der Waals surface area contributed by atoms with Crippen molar-refractivity contribution in [3.8, 4) is 5.75 Å². The standard InChI is InChI=1S/C25H31FN4O3/c1-18-15-21(28-24(27-18)30-11-5-2-6-12-30)23(31)29-13-9-25(10-14-29)16-19(17-32-25)33-22-8-4-3-7-20(22)26/h3-4,7-8,15,19H,2,5-6,9-14,16-17H2,1H3/t19-/m0/s1. The Hall–Kier alpha value is -2.74. The Morgan fingerprint density at radius 2 is 1.88 bits per heavy atom. The summed E-state index contributed by atoms with van der Waals surface area (Å²) in [5, 5.41) is 0. The second kappa shape index (κ2) is 9.25. The average Bonchev–Trinajstić information content (AvgIpc) is 3.22. The highest BCUT2D eigenvalue weighted by molar-refractivity contribution is 5.92. The molecule has 0 bridgehead atoms. The molecule has 4 heterocycles.